The number of para-hydroxylation sites is 1. The van der Waals surface area contributed by atoms with E-state index in [1.165, 1.54) is 0 Å². The maximum atomic E-state index is 11.9. The normalized spacial score (nSPS) is 10.4. The van der Waals surface area contributed by atoms with E-state index >= 15 is 0 Å². The minimum Gasteiger partial charge on any atom is -0.492 e. The maximum absolute atomic E-state index is 11.9. The minimum absolute atomic E-state index is 0.240. The molecule has 0 spiro atoms. The van der Waals surface area contributed by atoms with Crippen molar-refractivity contribution in [2.24, 2.45) is 0 Å². The zero-order valence-electron chi connectivity index (χ0n) is 13.5. The molecule has 0 bridgehead atoms. The van der Waals surface area contributed by atoms with Crippen LogP contribution in [0.5, 0.6) is 5.75 Å². The van der Waals surface area contributed by atoms with Gasteiger partial charge >= 0.3 is 6.03 Å². The topological polar surface area (TPSA) is 63.2 Å². The number of amides is 2. The Morgan fingerprint density at radius 3 is 2.88 bits per heavy atom. The molecule has 3 rings (SSSR count). The lowest BCUT2D eigenvalue weighted by atomic mass is 10.2. The van der Waals surface area contributed by atoms with Crippen LogP contribution in [0.3, 0.4) is 0 Å². The summed E-state index contributed by atoms with van der Waals surface area (Å²) in [5, 5.41) is 6.63. The Bertz CT molecular complexity index is 849. The molecule has 5 nitrogen and oxygen atoms in total. The smallest absolute Gasteiger partial charge is 0.319 e. The second-order valence-electron chi connectivity index (χ2n) is 5.40. The third-order valence-electron chi connectivity index (χ3n) is 3.62. The van der Waals surface area contributed by atoms with E-state index in [4.69, 9.17) is 4.74 Å². The summed E-state index contributed by atoms with van der Waals surface area (Å²) in [7, 11) is 0. The molecule has 0 aliphatic heterocycles. The van der Waals surface area contributed by atoms with Gasteiger partial charge in [0.15, 0.2) is 0 Å². The summed E-state index contributed by atoms with van der Waals surface area (Å²) in [4.78, 5) is 16.1. The number of anilines is 1. The molecule has 2 N–H and O–H groups in total. The van der Waals surface area contributed by atoms with E-state index < -0.39 is 0 Å². The van der Waals surface area contributed by atoms with Crippen LogP contribution in [-0.2, 0) is 0 Å². The molecule has 0 aliphatic rings. The number of carbonyl (C=O) groups excluding carboxylic acids is 1. The summed E-state index contributed by atoms with van der Waals surface area (Å²) in [6.45, 7) is 2.77. The van der Waals surface area contributed by atoms with Crippen molar-refractivity contribution in [3.63, 3.8) is 0 Å². The van der Waals surface area contributed by atoms with Gasteiger partial charge in [-0.05, 0) is 42.8 Å². The summed E-state index contributed by atoms with van der Waals surface area (Å²) in [5.74, 6) is 0.761. The Labute approximate surface area is 140 Å². The minimum atomic E-state index is -0.240. The number of hydrogen-bond acceptors (Lipinski definition) is 3. The summed E-state index contributed by atoms with van der Waals surface area (Å²) < 4.78 is 5.67. The van der Waals surface area contributed by atoms with Gasteiger partial charge in [0.05, 0.1) is 12.1 Å². The molecule has 24 heavy (non-hydrogen) atoms. The average Bonchev–Trinajstić information content (AvgIpc) is 2.60. The highest BCUT2D eigenvalue weighted by atomic mass is 16.5. The van der Waals surface area contributed by atoms with Crippen LogP contribution in [0.15, 0.2) is 60.8 Å². The summed E-state index contributed by atoms with van der Waals surface area (Å²) in [6.07, 6.45) is 1.76. The molecule has 0 fully saturated rings. The molecule has 0 radical (unpaired) electrons. The van der Waals surface area contributed by atoms with Crippen molar-refractivity contribution in [1.29, 1.82) is 0 Å². The van der Waals surface area contributed by atoms with Crippen LogP contribution in [0, 0.1) is 6.92 Å². The lowest BCUT2D eigenvalue weighted by Gasteiger charge is -2.10. The van der Waals surface area contributed by atoms with Crippen LogP contribution in [-0.4, -0.2) is 24.2 Å². The van der Waals surface area contributed by atoms with E-state index in [1.807, 2.05) is 61.5 Å². The number of nitrogens with zero attached hydrogens (tertiary/aromatic N) is 1. The van der Waals surface area contributed by atoms with Gasteiger partial charge in [-0.15, -0.1) is 0 Å². The van der Waals surface area contributed by atoms with Gasteiger partial charge in [-0.25, -0.2) is 4.79 Å². The van der Waals surface area contributed by atoms with E-state index in [0.717, 1.165) is 27.9 Å². The number of ether oxygens (including phenoxy) is 1. The molecule has 3 aromatic rings. The number of urea groups is 1. The van der Waals surface area contributed by atoms with Gasteiger partial charge in [0, 0.05) is 17.3 Å². The zero-order chi connectivity index (χ0) is 16.8. The monoisotopic (exact) mass is 321 g/mol. The first-order valence-electron chi connectivity index (χ1n) is 7.80. The first-order valence-corrected chi connectivity index (χ1v) is 7.80. The predicted molar refractivity (Wildman–Crippen MR) is 95.4 cm³/mol. The van der Waals surface area contributed by atoms with E-state index in [1.54, 1.807) is 6.20 Å². The summed E-state index contributed by atoms with van der Waals surface area (Å²) in [5.41, 5.74) is 2.76. The van der Waals surface area contributed by atoms with Crippen molar-refractivity contribution in [1.82, 2.24) is 10.3 Å². The van der Waals surface area contributed by atoms with Crippen LogP contribution in [0.2, 0.25) is 0 Å². The number of rotatable bonds is 5. The Morgan fingerprint density at radius 2 is 2.00 bits per heavy atom. The van der Waals surface area contributed by atoms with E-state index in [-0.39, 0.29) is 6.03 Å². The summed E-state index contributed by atoms with van der Waals surface area (Å²) in [6, 6.07) is 17.0. The fourth-order valence-corrected chi connectivity index (χ4v) is 2.36. The van der Waals surface area contributed by atoms with Gasteiger partial charge < -0.3 is 15.4 Å². The number of aryl methyl sites for hydroxylation is 1. The quantitative estimate of drug-likeness (QED) is 0.704. The molecule has 1 aromatic heterocycles. The SMILES string of the molecule is Cc1ccccc1NC(=O)NCCOc1ccc2ncccc2c1. The van der Waals surface area contributed by atoms with E-state index in [2.05, 4.69) is 15.6 Å². The third-order valence-corrected chi connectivity index (χ3v) is 3.62. The Balaban J connectivity index is 1.46. The van der Waals surface area contributed by atoms with Crippen LogP contribution in [0.25, 0.3) is 10.9 Å². The number of fused-ring (bicyclic) bond motifs is 1. The molecule has 122 valence electrons. The van der Waals surface area contributed by atoms with Crippen molar-refractivity contribution < 1.29 is 9.53 Å². The highest BCUT2D eigenvalue weighted by Gasteiger charge is 2.03. The van der Waals surface area contributed by atoms with Crippen LogP contribution in [0.1, 0.15) is 5.56 Å². The number of aromatic nitrogens is 1. The highest BCUT2D eigenvalue weighted by Crippen LogP contribution is 2.18. The molecule has 0 saturated carbocycles. The molecule has 2 aromatic carbocycles. The number of benzene rings is 2. The fraction of sp³-hybridized carbons (Fsp3) is 0.158. The Morgan fingerprint density at radius 1 is 1.12 bits per heavy atom. The van der Waals surface area contributed by atoms with Crippen molar-refractivity contribution in [2.75, 3.05) is 18.5 Å². The average molecular weight is 321 g/mol. The molecule has 1 heterocycles. The van der Waals surface area contributed by atoms with Crippen LogP contribution in [0.4, 0.5) is 10.5 Å². The van der Waals surface area contributed by atoms with Gasteiger partial charge in [0.1, 0.15) is 12.4 Å². The van der Waals surface area contributed by atoms with Gasteiger partial charge in [0.2, 0.25) is 0 Å². The lowest BCUT2D eigenvalue weighted by molar-refractivity contribution is 0.247. The number of pyridine rings is 1. The maximum Gasteiger partial charge on any atom is 0.319 e. The van der Waals surface area contributed by atoms with Crippen LogP contribution >= 0.6 is 0 Å². The Kier molecular flexibility index (Phi) is 4.91. The molecule has 0 unspecified atom stereocenters. The van der Waals surface area contributed by atoms with Crippen LogP contribution < -0.4 is 15.4 Å². The van der Waals surface area contributed by atoms with Gasteiger partial charge in [-0.2, -0.15) is 0 Å². The largest absolute Gasteiger partial charge is 0.492 e. The first kappa shape index (κ1) is 15.8. The van der Waals surface area contributed by atoms with Crippen molar-refractivity contribution >= 4 is 22.6 Å². The number of hydrogen-bond donors (Lipinski definition) is 2. The lowest BCUT2D eigenvalue weighted by Crippen LogP contribution is -2.32. The zero-order valence-corrected chi connectivity index (χ0v) is 13.5. The molecule has 0 saturated heterocycles. The standard InChI is InChI=1S/C19H19N3O2/c1-14-5-2-3-7-17(14)22-19(23)21-11-12-24-16-8-9-18-15(13-16)6-4-10-20-18/h2-10,13H,11-12H2,1H3,(H2,21,22,23). The van der Waals surface area contributed by atoms with Crippen molar-refractivity contribution in [3.05, 3.63) is 66.4 Å². The molecule has 0 aliphatic carbocycles. The number of carbonyl (C=O) groups is 1. The third kappa shape index (κ3) is 4.01. The second-order valence-corrected chi connectivity index (χ2v) is 5.40. The van der Waals surface area contributed by atoms with E-state index in [9.17, 15) is 4.79 Å². The Hall–Kier alpha value is -3.08. The second kappa shape index (κ2) is 7.46. The molecular formula is C19H19N3O2. The predicted octanol–water partition coefficient (Wildman–Crippen LogP) is 3.74. The molecule has 5 heteroatoms. The van der Waals surface area contributed by atoms with Crippen molar-refractivity contribution in [3.8, 4) is 5.75 Å². The molecule has 2 amide bonds. The van der Waals surface area contributed by atoms with Gasteiger partial charge in [-0.1, -0.05) is 24.3 Å². The van der Waals surface area contributed by atoms with Gasteiger partial charge in [0.25, 0.3) is 0 Å². The highest BCUT2D eigenvalue weighted by molar-refractivity contribution is 5.90. The number of nitrogens with one attached hydrogen (secondary N) is 2. The molecule has 0 atom stereocenters. The van der Waals surface area contributed by atoms with Crippen molar-refractivity contribution in [2.45, 2.75) is 6.92 Å². The first-order chi connectivity index (χ1) is 11.7. The van der Waals surface area contributed by atoms with Gasteiger partial charge in [-0.3, -0.25) is 4.98 Å². The molecular weight excluding hydrogens is 302 g/mol. The fourth-order valence-electron chi connectivity index (χ4n) is 2.36. The summed E-state index contributed by atoms with van der Waals surface area (Å²) >= 11 is 0. The van der Waals surface area contributed by atoms with E-state index in [0.29, 0.717) is 13.2 Å².